The van der Waals surface area contributed by atoms with E-state index in [4.69, 9.17) is 16.3 Å². The molecule has 1 heterocycles. The van der Waals surface area contributed by atoms with Crippen molar-refractivity contribution in [3.8, 4) is 5.75 Å². The third-order valence-electron chi connectivity index (χ3n) is 4.03. The van der Waals surface area contributed by atoms with Crippen molar-refractivity contribution in [3.63, 3.8) is 0 Å². The predicted molar refractivity (Wildman–Crippen MR) is 67.6 cm³/mol. The van der Waals surface area contributed by atoms with Gasteiger partial charge < -0.3 is 9.84 Å². The van der Waals surface area contributed by atoms with Crippen LogP contribution in [0.2, 0.25) is 5.02 Å². The monoisotopic (exact) mass is 252 g/mol. The summed E-state index contributed by atoms with van der Waals surface area (Å²) in [5.41, 5.74) is 1.76. The van der Waals surface area contributed by atoms with Gasteiger partial charge in [-0.25, -0.2) is 0 Å². The fourth-order valence-electron chi connectivity index (χ4n) is 3.19. The number of fused-ring (bicyclic) bond motifs is 1. The molecule has 0 radical (unpaired) electrons. The van der Waals surface area contributed by atoms with Gasteiger partial charge in [0.25, 0.3) is 0 Å². The zero-order valence-corrected chi connectivity index (χ0v) is 10.8. The van der Waals surface area contributed by atoms with Crippen molar-refractivity contribution in [1.29, 1.82) is 0 Å². The molecule has 1 spiro atoms. The highest BCUT2D eigenvalue weighted by Crippen LogP contribution is 2.48. The molecule has 1 aliphatic heterocycles. The smallest absolute Gasteiger partial charge is 0.128 e. The van der Waals surface area contributed by atoms with Crippen LogP contribution in [0.1, 0.15) is 49.3 Å². The third-order valence-corrected chi connectivity index (χ3v) is 4.24. The van der Waals surface area contributed by atoms with E-state index in [0.29, 0.717) is 11.4 Å². The van der Waals surface area contributed by atoms with Gasteiger partial charge in [0, 0.05) is 17.0 Å². The van der Waals surface area contributed by atoms with E-state index in [1.165, 1.54) is 12.8 Å². The predicted octanol–water partition coefficient (Wildman–Crippen LogP) is 3.78. The van der Waals surface area contributed by atoms with Gasteiger partial charge in [-0.3, -0.25) is 0 Å². The summed E-state index contributed by atoms with van der Waals surface area (Å²) in [5.74, 6) is 0.857. The lowest BCUT2D eigenvalue weighted by Gasteiger charge is -2.39. The fraction of sp³-hybridized carbons (Fsp3) is 0.571. The van der Waals surface area contributed by atoms with Crippen LogP contribution in [-0.4, -0.2) is 10.7 Å². The van der Waals surface area contributed by atoms with Crippen LogP contribution >= 0.6 is 11.6 Å². The van der Waals surface area contributed by atoms with E-state index in [1.807, 2.05) is 19.1 Å². The molecule has 3 rings (SSSR count). The lowest BCUT2D eigenvalue weighted by atomic mass is 9.87. The first-order valence-electron chi connectivity index (χ1n) is 6.27. The lowest BCUT2D eigenvalue weighted by molar-refractivity contribution is -0.00997. The summed E-state index contributed by atoms with van der Waals surface area (Å²) in [6.45, 7) is 1.99. The van der Waals surface area contributed by atoms with E-state index in [9.17, 15) is 5.11 Å². The molecule has 1 aliphatic carbocycles. The molecule has 17 heavy (non-hydrogen) atoms. The number of hydrogen-bond acceptors (Lipinski definition) is 2. The average molecular weight is 253 g/mol. The normalized spacial score (nSPS) is 25.7. The zero-order chi connectivity index (χ0) is 12.0. The molecule has 1 atom stereocenters. The number of halogens is 1. The summed E-state index contributed by atoms with van der Waals surface area (Å²) in [5, 5.41) is 11.0. The molecule has 2 nitrogen and oxygen atoms in total. The standard InChI is InChI=1S/C14H17ClO2/c1-9-6-10(15)7-11-12(16)8-14(17-13(9)11)4-2-3-5-14/h6-7,12,16H,2-5,8H2,1H3. The lowest BCUT2D eigenvalue weighted by Crippen LogP contribution is -2.38. The second-order valence-corrected chi connectivity index (χ2v) is 5.79. The Labute approximate surface area is 107 Å². The molecule has 1 fully saturated rings. The van der Waals surface area contributed by atoms with Crippen molar-refractivity contribution in [2.75, 3.05) is 0 Å². The molecule has 1 saturated carbocycles. The first-order valence-corrected chi connectivity index (χ1v) is 6.65. The highest BCUT2D eigenvalue weighted by atomic mass is 35.5. The van der Waals surface area contributed by atoms with Crippen LogP contribution < -0.4 is 4.74 Å². The van der Waals surface area contributed by atoms with Crippen LogP contribution in [0.3, 0.4) is 0 Å². The Morgan fingerprint density at radius 3 is 2.76 bits per heavy atom. The molecule has 92 valence electrons. The van der Waals surface area contributed by atoms with E-state index in [0.717, 1.165) is 29.7 Å². The van der Waals surface area contributed by atoms with Gasteiger partial charge in [0.2, 0.25) is 0 Å². The summed E-state index contributed by atoms with van der Waals surface area (Å²) >= 11 is 6.03. The second kappa shape index (κ2) is 3.89. The van der Waals surface area contributed by atoms with Gasteiger partial charge in [-0.1, -0.05) is 11.6 Å². The summed E-state index contributed by atoms with van der Waals surface area (Å²) in [6, 6.07) is 3.73. The molecule has 3 heteroatoms. The molecule has 0 aromatic heterocycles. The van der Waals surface area contributed by atoms with Crippen LogP contribution in [0.4, 0.5) is 0 Å². The molecule has 0 amide bonds. The Bertz CT molecular complexity index is 450. The molecule has 2 aliphatic rings. The van der Waals surface area contributed by atoms with Crippen molar-refractivity contribution in [3.05, 3.63) is 28.3 Å². The van der Waals surface area contributed by atoms with Gasteiger partial charge in [-0.05, 0) is 50.3 Å². The highest BCUT2D eigenvalue weighted by Gasteiger charge is 2.43. The van der Waals surface area contributed by atoms with E-state index < -0.39 is 6.10 Å². The van der Waals surface area contributed by atoms with Gasteiger partial charge in [0.1, 0.15) is 11.4 Å². The molecule has 1 aromatic carbocycles. The second-order valence-electron chi connectivity index (χ2n) is 5.35. The minimum atomic E-state index is -0.436. The Hall–Kier alpha value is -0.730. The van der Waals surface area contributed by atoms with Crippen LogP contribution in [-0.2, 0) is 0 Å². The Balaban J connectivity index is 2.06. The highest BCUT2D eigenvalue weighted by molar-refractivity contribution is 6.30. The maximum Gasteiger partial charge on any atom is 0.128 e. The van der Waals surface area contributed by atoms with E-state index in [1.54, 1.807) is 0 Å². The molecular formula is C14H17ClO2. The minimum Gasteiger partial charge on any atom is -0.487 e. The largest absolute Gasteiger partial charge is 0.487 e. The van der Waals surface area contributed by atoms with E-state index >= 15 is 0 Å². The van der Waals surface area contributed by atoms with Crippen LogP contribution in [0, 0.1) is 6.92 Å². The first kappa shape index (κ1) is 11.4. The van der Waals surface area contributed by atoms with Gasteiger partial charge in [0.15, 0.2) is 0 Å². The molecule has 1 unspecified atom stereocenters. The van der Waals surface area contributed by atoms with Crippen molar-refractivity contribution in [1.82, 2.24) is 0 Å². The quantitative estimate of drug-likeness (QED) is 0.762. The minimum absolute atomic E-state index is 0.120. The van der Waals surface area contributed by atoms with E-state index in [-0.39, 0.29) is 5.60 Å². The number of aryl methyl sites for hydroxylation is 1. The molecule has 1 N–H and O–H groups in total. The maximum absolute atomic E-state index is 10.3. The SMILES string of the molecule is Cc1cc(Cl)cc2c1OC1(CCCC1)CC2O. The van der Waals surface area contributed by atoms with Crippen LogP contribution in [0.15, 0.2) is 12.1 Å². The third kappa shape index (κ3) is 1.84. The first-order chi connectivity index (χ1) is 8.10. The Morgan fingerprint density at radius 1 is 1.35 bits per heavy atom. The molecule has 1 aromatic rings. The topological polar surface area (TPSA) is 29.5 Å². The molecular weight excluding hydrogens is 236 g/mol. The number of aliphatic hydroxyl groups excluding tert-OH is 1. The zero-order valence-electron chi connectivity index (χ0n) is 10.0. The van der Waals surface area contributed by atoms with Gasteiger partial charge in [-0.2, -0.15) is 0 Å². The number of benzene rings is 1. The van der Waals surface area contributed by atoms with Gasteiger partial charge in [0.05, 0.1) is 6.10 Å². The van der Waals surface area contributed by atoms with E-state index in [2.05, 4.69) is 0 Å². The summed E-state index contributed by atoms with van der Waals surface area (Å²) in [6.07, 6.45) is 4.80. The van der Waals surface area contributed by atoms with Crippen molar-refractivity contribution in [2.45, 2.75) is 50.7 Å². The number of rotatable bonds is 0. The number of ether oxygens (including phenoxy) is 1. The number of aliphatic hydroxyl groups is 1. The van der Waals surface area contributed by atoms with Crippen molar-refractivity contribution >= 4 is 11.6 Å². The summed E-state index contributed by atoms with van der Waals surface area (Å²) < 4.78 is 6.22. The maximum atomic E-state index is 10.3. The Kier molecular flexibility index (Phi) is 2.60. The van der Waals surface area contributed by atoms with Crippen LogP contribution in [0.25, 0.3) is 0 Å². The summed E-state index contributed by atoms with van der Waals surface area (Å²) in [7, 11) is 0. The Morgan fingerprint density at radius 2 is 2.06 bits per heavy atom. The van der Waals surface area contributed by atoms with Gasteiger partial charge in [-0.15, -0.1) is 0 Å². The number of hydrogen-bond donors (Lipinski definition) is 1. The molecule has 0 saturated heterocycles. The summed E-state index contributed by atoms with van der Waals surface area (Å²) in [4.78, 5) is 0. The van der Waals surface area contributed by atoms with Gasteiger partial charge >= 0.3 is 0 Å². The molecule has 0 bridgehead atoms. The average Bonchev–Trinajstić information content (AvgIpc) is 2.69. The van der Waals surface area contributed by atoms with Crippen LogP contribution in [0.5, 0.6) is 5.75 Å². The van der Waals surface area contributed by atoms with Crippen molar-refractivity contribution < 1.29 is 9.84 Å². The fourth-order valence-corrected chi connectivity index (χ4v) is 3.47. The van der Waals surface area contributed by atoms with Crippen molar-refractivity contribution in [2.24, 2.45) is 0 Å².